The summed E-state index contributed by atoms with van der Waals surface area (Å²) in [7, 11) is 0. The Morgan fingerprint density at radius 2 is 2.10 bits per heavy atom. The molecule has 0 heterocycles. The van der Waals surface area contributed by atoms with E-state index < -0.39 is 30.8 Å². The number of carbonyl (C=O) groups is 2. The van der Waals surface area contributed by atoms with E-state index in [-0.39, 0.29) is 0 Å². The van der Waals surface area contributed by atoms with Gasteiger partial charge < -0.3 is 15.9 Å². The highest BCUT2D eigenvalue weighted by molar-refractivity contribution is 5.74. The molecule has 0 unspecified atom stereocenters. The lowest BCUT2D eigenvalue weighted by molar-refractivity contribution is -0.139. The number of rotatable bonds is 4. The van der Waals surface area contributed by atoms with Crippen molar-refractivity contribution in [2.24, 2.45) is 5.73 Å². The van der Waals surface area contributed by atoms with Crippen LogP contribution in [0.2, 0.25) is 0 Å². The van der Waals surface area contributed by atoms with Crippen molar-refractivity contribution in [1.29, 1.82) is 0 Å². The smallest absolute Gasteiger partial charge is 0.320 e. The Labute approximate surface area is 60.3 Å². The molecule has 0 rings (SSSR count). The van der Waals surface area contributed by atoms with Crippen LogP contribution in [0.3, 0.4) is 0 Å². The van der Waals surface area contributed by atoms with Gasteiger partial charge in [-0.25, -0.2) is 0 Å². The molecular weight excluding hydrogens is 144 g/mol. The van der Waals surface area contributed by atoms with Crippen molar-refractivity contribution in [3.05, 3.63) is 0 Å². The van der Waals surface area contributed by atoms with E-state index in [2.05, 4.69) is 0 Å². The monoisotopic (exact) mass is 155 g/mol. The summed E-state index contributed by atoms with van der Waals surface area (Å²) in [5, 5.41) is 16.5. The molecule has 0 saturated heterocycles. The van der Waals surface area contributed by atoms with Crippen LogP contribution in [0.5, 0.6) is 0 Å². The molecule has 5 heteroatoms. The average molecular weight is 155 g/mol. The Morgan fingerprint density at radius 3 is 2.40 bits per heavy atom. The van der Waals surface area contributed by atoms with Gasteiger partial charge in [0.25, 0.3) is 0 Å². The van der Waals surface area contributed by atoms with Gasteiger partial charge in [-0.15, -0.1) is 0 Å². The van der Waals surface area contributed by atoms with E-state index in [0.717, 1.165) is 0 Å². The Kier molecular flexibility index (Phi) is 2.17. The summed E-state index contributed by atoms with van der Waals surface area (Å²) < 4.78 is 13.8. The van der Waals surface area contributed by atoms with Crippen LogP contribution in [-0.4, -0.2) is 28.2 Å². The summed E-state index contributed by atoms with van der Waals surface area (Å²) in [6, 6.07) is -1.64. The van der Waals surface area contributed by atoms with Crippen LogP contribution in [0, 0.1) is 0 Å². The zero-order chi connectivity index (χ0) is 9.89. The Hall–Kier alpha value is -1.10. The minimum Gasteiger partial charge on any atom is -0.481 e. The molecule has 0 aromatic heterocycles. The van der Waals surface area contributed by atoms with Gasteiger partial charge in [-0.05, 0) is 6.40 Å². The van der Waals surface area contributed by atoms with Crippen LogP contribution in [0.4, 0.5) is 0 Å². The Morgan fingerprint density at radius 1 is 1.60 bits per heavy atom. The predicted octanol–water partition coefficient (Wildman–Crippen LogP) is -0.737. The third-order valence-corrected chi connectivity index (χ3v) is 0.731. The van der Waals surface area contributed by atoms with E-state index in [0.29, 0.717) is 0 Å². The van der Waals surface area contributed by atoms with Crippen molar-refractivity contribution < 1.29 is 22.5 Å². The number of hydrogen-bond acceptors (Lipinski definition) is 3. The van der Waals surface area contributed by atoms with Gasteiger partial charge >= 0.3 is 11.9 Å². The van der Waals surface area contributed by atoms with Crippen LogP contribution in [-0.2, 0) is 9.59 Å². The quantitative estimate of drug-likeness (QED) is 0.366. The van der Waals surface area contributed by atoms with Crippen molar-refractivity contribution in [1.82, 2.24) is 0 Å². The number of carboxylic acid groups (broad SMARTS) is 2. The summed E-state index contributed by atoms with van der Waals surface area (Å²) in [5.41, 5.74) is 4.93. The van der Waals surface area contributed by atoms with Crippen molar-refractivity contribution in [3.63, 3.8) is 0 Å². The molecule has 3 atom stereocenters. The summed E-state index contributed by atoms with van der Waals surface area (Å²) in [6.07, 6.45) is -3.48. The molecular formula is C5H9NO4. The zero-order valence-electron chi connectivity index (χ0n) is 7.02. The highest BCUT2D eigenvalue weighted by Crippen LogP contribution is 1.93. The van der Waals surface area contributed by atoms with Gasteiger partial charge in [0.1, 0.15) is 6.04 Å². The molecule has 0 amide bonds. The third-order valence-electron chi connectivity index (χ3n) is 0.731. The Bertz CT molecular complexity index is 178. The number of aliphatic carboxylic acids is 2. The minimum atomic E-state index is -1.82. The fourth-order valence-electron chi connectivity index (χ4n) is 0.268. The lowest BCUT2D eigenvalue weighted by Gasteiger charge is -2.01. The standard InChI is InChI=1S/C5H9NO4/c6-3(5(9)10)1-2-4(7)8/h3H,1-2,6H2,(H,7,8)(H,9,10)/t3-/m0/s1/i1+1D,2+1D,3+1,4+1,5+1,6+1/t1-,2+,3-. The van der Waals surface area contributed by atoms with Gasteiger partial charge in [0, 0.05) is 9.14 Å². The van der Waals surface area contributed by atoms with Crippen LogP contribution in [0.25, 0.3) is 0 Å². The van der Waals surface area contributed by atoms with E-state index in [1.807, 2.05) is 0 Å². The second kappa shape index (κ2) is 3.84. The van der Waals surface area contributed by atoms with Crippen LogP contribution in [0.15, 0.2) is 0 Å². The fourth-order valence-corrected chi connectivity index (χ4v) is 0.268. The molecule has 0 bridgehead atoms. The van der Waals surface area contributed by atoms with Gasteiger partial charge in [-0.3, -0.25) is 9.59 Å². The van der Waals surface area contributed by atoms with Gasteiger partial charge in [0.05, 0.1) is 0 Å². The first-order chi connectivity index (χ1) is 5.37. The van der Waals surface area contributed by atoms with Crippen LogP contribution >= 0.6 is 0 Å². The van der Waals surface area contributed by atoms with E-state index in [1.165, 1.54) is 0 Å². The molecule has 0 aromatic carbocycles. The average Bonchev–Trinajstić information content (AvgIpc) is 2.00. The zero-order valence-corrected chi connectivity index (χ0v) is 5.02. The molecule has 0 spiro atoms. The van der Waals surface area contributed by atoms with E-state index in [1.54, 1.807) is 0 Å². The van der Waals surface area contributed by atoms with Gasteiger partial charge in [0.15, 0.2) is 0 Å². The van der Waals surface area contributed by atoms with Gasteiger partial charge in [0.2, 0.25) is 0 Å². The minimum absolute atomic E-state index is 1.48. The molecule has 10 heavy (non-hydrogen) atoms. The van der Waals surface area contributed by atoms with E-state index in [9.17, 15) is 9.59 Å². The van der Waals surface area contributed by atoms with E-state index in [4.69, 9.17) is 18.7 Å². The second-order valence-corrected chi connectivity index (χ2v) is 1.56. The lowest BCUT2D eigenvalue weighted by atomic mass is 11.1. The summed E-state index contributed by atoms with van der Waals surface area (Å²) in [4.78, 5) is 20.3. The number of nitrogens with two attached hydrogens (primary N) is 1. The highest BCUT2D eigenvalue weighted by atomic mass is 16.5. The largest absolute Gasteiger partial charge is 0.481 e. The summed E-state index contributed by atoms with van der Waals surface area (Å²) in [6.45, 7) is 0. The SMILES string of the molecule is [2H][13C@H]([13C@H]([15NH2])[13C](=O)O)[13C@@H]([2H])[13C](=O)O. The number of hydrogen-bond donors (Lipinski definition) is 3. The van der Waals surface area contributed by atoms with Crippen molar-refractivity contribution in [3.8, 4) is 0 Å². The van der Waals surface area contributed by atoms with Crippen molar-refractivity contribution >= 4 is 11.9 Å². The third kappa shape index (κ3) is 3.85. The fraction of sp³-hybridized carbons (Fsp3) is 0.600. The first-order valence-electron chi connectivity index (χ1n) is 3.59. The molecule has 0 fully saturated rings. The first kappa shape index (κ1) is 5.67. The topological polar surface area (TPSA) is 101 Å². The number of carboxylic acids is 2. The highest BCUT2D eigenvalue weighted by Gasteiger charge is 2.12. The van der Waals surface area contributed by atoms with Crippen molar-refractivity contribution in [2.75, 3.05) is 0 Å². The van der Waals surface area contributed by atoms with Crippen LogP contribution < -0.4 is 5.73 Å². The molecule has 4 N–H and O–H groups in total. The maximum absolute atomic E-state index is 10.1. The molecule has 5 nitrogen and oxygen atoms in total. The summed E-state index contributed by atoms with van der Waals surface area (Å²) >= 11 is 0. The molecule has 58 valence electrons. The molecule has 0 saturated carbocycles. The predicted molar refractivity (Wildman–Crippen MR) is 32.5 cm³/mol. The summed E-state index contributed by atoms with van der Waals surface area (Å²) in [5.74, 6) is -3.03. The molecule has 0 radical (unpaired) electrons. The maximum atomic E-state index is 10.1. The van der Waals surface area contributed by atoms with Crippen LogP contribution in [0.1, 0.15) is 15.5 Å². The first-order valence-corrected chi connectivity index (χ1v) is 2.43. The van der Waals surface area contributed by atoms with E-state index >= 15 is 0 Å². The molecule has 0 aliphatic rings. The molecule has 0 aromatic rings. The normalized spacial score (nSPS) is 21.7. The second-order valence-electron chi connectivity index (χ2n) is 1.56. The molecule has 0 aliphatic carbocycles. The molecule has 0 aliphatic heterocycles. The maximum Gasteiger partial charge on any atom is 0.320 e. The van der Waals surface area contributed by atoms with Crippen molar-refractivity contribution in [2.45, 2.75) is 18.8 Å². The van der Waals surface area contributed by atoms with Gasteiger partial charge in [-0.2, -0.15) is 0 Å². The Balaban J connectivity index is 4.28. The van der Waals surface area contributed by atoms with Gasteiger partial charge in [-0.1, -0.05) is 0 Å². The lowest BCUT2D eigenvalue weighted by Crippen LogP contribution is -2.30.